The lowest BCUT2D eigenvalue weighted by atomic mass is 10.1. The molecule has 0 atom stereocenters. The molecule has 2 N–H and O–H groups in total. The van der Waals surface area contributed by atoms with E-state index in [2.05, 4.69) is 10.5 Å². The Labute approximate surface area is 138 Å². The number of hydrogen-bond acceptors (Lipinski definition) is 5. The molecule has 1 aromatic carbocycles. The molecular formula is C16H18N2O4S. The first-order chi connectivity index (χ1) is 11.0. The first kappa shape index (κ1) is 17.1. The number of carboxylic acids is 1. The first-order valence-corrected chi connectivity index (χ1v) is 8.21. The molecule has 0 spiro atoms. The Kier molecular flexibility index (Phi) is 5.81. The van der Waals surface area contributed by atoms with Gasteiger partial charge in [0.25, 0.3) is 0 Å². The van der Waals surface area contributed by atoms with Gasteiger partial charge in [-0.15, -0.1) is 11.8 Å². The summed E-state index contributed by atoms with van der Waals surface area (Å²) in [6.07, 6.45) is -0.0650. The van der Waals surface area contributed by atoms with Crippen molar-refractivity contribution in [1.82, 2.24) is 5.16 Å². The van der Waals surface area contributed by atoms with E-state index in [1.807, 2.05) is 13.8 Å². The van der Waals surface area contributed by atoms with E-state index in [1.54, 1.807) is 24.3 Å². The topological polar surface area (TPSA) is 92.4 Å². The maximum absolute atomic E-state index is 12.0. The van der Waals surface area contributed by atoms with Crippen LogP contribution < -0.4 is 5.32 Å². The number of aromatic nitrogens is 1. The van der Waals surface area contributed by atoms with E-state index in [1.165, 1.54) is 11.8 Å². The van der Waals surface area contributed by atoms with Gasteiger partial charge in [0.1, 0.15) is 5.76 Å². The normalized spacial score (nSPS) is 10.5. The van der Waals surface area contributed by atoms with Crippen LogP contribution in [0.3, 0.4) is 0 Å². The number of hydrogen-bond donors (Lipinski definition) is 2. The smallest absolute Gasteiger partial charge is 0.307 e. The Morgan fingerprint density at radius 3 is 2.78 bits per heavy atom. The first-order valence-electron chi connectivity index (χ1n) is 7.06. The maximum Gasteiger partial charge on any atom is 0.307 e. The number of aryl methyl sites for hydroxylation is 2. The van der Waals surface area contributed by atoms with E-state index in [0.29, 0.717) is 22.8 Å². The average molecular weight is 334 g/mol. The molecule has 0 radical (unpaired) electrons. The monoisotopic (exact) mass is 334 g/mol. The van der Waals surface area contributed by atoms with Gasteiger partial charge >= 0.3 is 5.97 Å². The summed E-state index contributed by atoms with van der Waals surface area (Å²) in [5.41, 5.74) is 3.12. The van der Waals surface area contributed by atoms with Gasteiger partial charge in [0.05, 0.1) is 17.9 Å². The molecule has 1 aromatic heterocycles. The van der Waals surface area contributed by atoms with E-state index < -0.39 is 5.97 Å². The van der Waals surface area contributed by atoms with E-state index in [9.17, 15) is 9.59 Å². The van der Waals surface area contributed by atoms with Gasteiger partial charge in [-0.2, -0.15) is 0 Å². The highest BCUT2D eigenvalue weighted by Crippen LogP contribution is 2.19. The van der Waals surface area contributed by atoms with Gasteiger partial charge in [-0.05, 0) is 31.5 Å². The summed E-state index contributed by atoms with van der Waals surface area (Å²) >= 11 is 1.48. The lowest BCUT2D eigenvalue weighted by molar-refractivity contribution is -0.136. The van der Waals surface area contributed by atoms with E-state index >= 15 is 0 Å². The average Bonchev–Trinajstić information content (AvgIpc) is 2.78. The van der Waals surface area contributed by atoms with Crippen LogP contribution >= 0.6 is 11.8 Å². The highest BCUT2D eigenvalue weighted by Gasteiger charge is 2.10. The van der Waals surface area contributed by atoms with Crippen LogP contribution in [0, 0.1) is 13.8 Å². The number of amides is 1. The number of anilines is 1. The molecule has 6 nitrogen and oxygen atoms in total. The van der Waals surface area contributed by atoms with Crippen molar-refractivity contribution >= 4 is 29.3 Å². The van der Waals surface area contributed by atoms with Crippen molar-refractivity contribution in [3.05, 3.63) is 46.8 Å². The summed E-state index contributed by atoms with van der Waals surface area (Å²) in [7, 11) is 0. The van der Waals surface area contributed by atoms with E-state index in [4.69, 9.17) is 9.63 Å². The summed E-state index contributed by atoms with van der Waals surface area (Å²) in [6, 6.07) is 6.86. The molecule has 0 unspecified atom stereocenters. The van der Waals surface area contributed by atoms with Crippen LogP contribution in [0.25, 0.3) is 0 Å². The van der Waals surface area contributed by atoms with E-state index in [0.717, 1.165) is 17.0 Å². The molecule has 0 aliphatic heterocycles. The molecule has 2 aromatic rings. The van der Waals surface area contributed by atoms with Crippen LogP contribution in [-0.4, -0.2) is 27.9 Å². The van der Waals surface area contributed by atoms with Crippen molar-refractivity contribution in [2.24, 2.45) is 0 Å². The van der Waals surface area contributed by atoms with Gasteiger partial charge in [-0.1, -0.05) is 17.3 Å². The van der Waals surface area contributed by atoms with Crippen molar-refractivity contribution in [2.45, 2.75) is 26.0 Å². The number of thioether (sulfide) groups is 1. The Balaban J connectivity index is 1.84. The zero-order valence-electron chi connectivity index (χ0n) is 13.0. The minimum absolute atomic E-state index is 0.0650. The molecule has 1 amide bonds. The summed E-state index contributed by atoms with van der Waals surface area (Å²) in [4.78, 5) is 22.7. The van der Waals surface area contributed by atoms with Gasteiger partial charge < -0.3 is 14.9 Å². The number of rotatable bonds is 7. The number of carbonyl (C=O) groups is 2. The number of benzene rings is 1. The second-order valence-electron chi connectivity index (χ2n) is 5.11. The Morgan fingerprint density at radius 2 is 2.13 bits per heavy atom. The molecule has 2 rings (SSSR count). The number of nitrogens with zero attached hydrogens (tertiary/aromatic N) is 1. The third-order valence-electron chi connectivity index (χ3n) is 3.23. The minimum Gasteiger partial charge on any atom is -0.481 e. The molecule has 23 heavy (non-hydrogen) atoms. The van der Waals surface area contributed by atoms with Gasteiger partial charge in [-0.3, -0.25) is 9.59 Å². The molecule has 0 saturated carbocycles. The highest BCUT2D eigenvalue weighted by molar-refractivity contribution is 7.99. The number of carbonyl (C=O) groups excluding carboxylic acids is 1. The third kappa shape index (κ3) is 5.14. The molecule has 122 valence electrons. The van der Waals surface area contributed by atoms with Gasteiger partial charge in [-0.25, -0.2) is 0 Å². The molecular weight excluding hydrogens is 316 g/mol. The number of nitrogens with one attached hydrogen (secondary N) is 1. The van der Waals surface area contributed by atoms with Gasteiger partial charge in [0.15, 0.2) is 0 Å². The van der Waals surface area contributed by atoms with Crippen LogP contribution in [0.1, 0.15) is 22.6 Å². The quantitative estimate of drug-likeness (QED) is 0.809. The maximum atomic E-state index is 12.0. The van der Waals surface area contributed by atoms with E-state index in [-0.39, 0.29) is 12.3 Å². The van der Waals surface area contributed by atoms with Crippen LogP contribution in [0.4, 0.5) is 5.69 Å². The van der Waals surface area contributed by atoms with Crippen LogP contribution in [0.2, 0.25) is 0 Å². The molecule has 0 aliphatic rings. The highest BCUT2D eigenvalue weighted by atomic mass is 32.2. The van der Waals surface area contributed by atoms with Crippen molar-refractivity contribution in [3.8, 4) is 0 Å². The number of aliphatic carboxylic acids is 1. The molecule has 0 fully saturated rings. The Morgan fingerprint density at radius 1 is 1.35 bits per heavy atom. The zero-order valence-corrected chi connectivity index (χ0v) is 13.8. The third-order valence-corrected chi connectivity index (χ3v) is 4.19. The van der Waals surface area contributed by atoms with Crippen molar-refractivity contribution in [2.75, 3.05) is 11.1 Å². The fourth-order valence-electron chi connectivity index (χ4n) is 2.08. The predicted molar refractivity (Wildman–Crippen MR) is 88.6 cm³/mol. The molecule has 7 heteroatoms. The van der Waals surface area contributed by atoms with Crippen LogP contribution in [0.5, 0.6) is 0 Å². The van der Waals surface area contributed by atoms with Crippen LogP contribution in [0.15, 0.2) is 28.8 Å². The van der Waals surface area contributed by atoms with Crippen LogP contribution in [-0.2, 0) is 21.8 Å². The van der Waals surface area contributed by atoms with Gasteiger partial charge in [0.2, 0.25) is 5.91 Å². The predicted octanol–water partition coefficient (Wildman–Crippen LogP) is 2.79. The molecule has 1 heterocycles. The summed E-state index contributed by atoms with van der Waals surface area (Å²) in [5, 5.41) is 15.4. The van der Waals surface area contributed by atoms with Crippen molar-refractivity contribution in [1.29, 1.82) is 0 Å². The molecule has 0 bridgehead atoms. The summed E-state index contributed by atoms with van der Waals surface area (Å²) in [6.45, 7) is 3.73. The van der Waals surface area contributed by atoms with Crippen molar-refractivity contribution < 1.29 is 19.2 Å². The van der Waals surface area contributed by atoms with Crippen molar-refractivity contribution in [3.63, 3.8) is 0 Å². The second kappa shape index (κ2) is 7.82. The second-order valence-corrected chi connectivity index (χ2v) is 6.10. The number of carboxylic acid groups (broad SMARTS) is 1. The minimum atomic E-state index is -0.900. The fraction of sp³-hybridized carbons (Fsp3) is 0.312. The standard InChI is InChI=1S/C16H18N2O4S/c1-10-14(11(2)22-18-10)8-23-9-15(19)17-13-5-3-4-12(6-13)7-16(20)21/h3-6H,7-9H2,1-2H3,(H,17,19)(H,20,21). The summed E-state index contributed by atoms with van der Waals surface area (Å²) < 4.78 is 5.08. The Hall–Kier alpha value is -2.28. The largest absolute Gasteiger partial charge is 0.481 e. The molecule has 0 saturated heterocycles. The van der Waals surface area contributed by atoms with Gasteiger partial charge in [0, 0.05) is 17.0 Å². The lowest BCUT2D eigenvalue weighted by Gasteiger charge is -2.06. The fourth-order valence-corrected chi connectivity index (χ4v) is 3.06. The molecule has 0 aliphatic carbocycles. The lowest BCUT2D eigenvalue weighted by Crippen LogP contribution is -2.14. The SMILES string of the molecule is Cc1noc(C)c1CSCC(=O)Nc1cccc(CC(=O)O)c1. The zero-order chi connectivity index (χ0) is 16.8. The summed E-state index contributed by atoms with van der Waals surface area (Å²) in [5.74, 6) is 0.704. The Bertz CT molecular complexity index is 692.